The maximum atomic E-state index is 5.62. The van der Waals surface area contributed by atoms with Gasteiger partial charge in [-0.2, -0.15) is 0 Å². The summed E-state index contributed by atoms with van der Waals surface area (Å²) in [5.74, 6) is 0. The third-order valence-corrected chi connectivity index (χ3v) is 2.08. The minimum absolute atomic E-state index is 0.811. The molecule has 1 rings (SSSR count). The number of hydrogen-bond acceptors (Lipinski definition) is 1. The summed E-state index contributed by atoms with van der Waals surface area (Å²) in [6.07, 6.45) is 7.42. The summed E-state index contributed by atoms with van der Waals surface area (Å²) in [7, 11) is 0. The first kappa shape index (κ1) is 10.6. The van der Waals surface area contributed by atoms with Gasteiger partial charge in [-0.3, -0.25) is 0 Å². The smallest absolute Gasteiger partial charge is 0.0314 e. The Morgan fingerprint density at radius 1 is 1.29 bits per heavy atom. The number of benzene rings is 1. The van der Waals surface area contributed by atoms with Gasteiger partial charge in [-0.05, 0) is 36.6 Å². The SMILES string of the molecule is CC/C=C\C=C(/C)c1ccc(N)cc1. The van der Waals surface area contributed by atoms with Gasteiger partial charge in [-0.25, -0.2) is 0 Å². The van der Waals surface area contributed by atoms with Crippen LogP contribution < -0.4 is 5.73 Å². The zero-order chi connectivity index (χ0) is 10.4. The number of rotatable bonds is 3. The van der Waals surface area contributed by atoms with Crippen LogP contribution in [0.1, 0.15) is 25.8 Å². The number of nitrogen functional groups attached to an aromatic ring is 1. The molecule has 1 aromatic rings. The Bertz CT molecular complexity index is 331. The highest BCUT2D eigenvalue weighted by Crippen LogP contribution is 2.15. The second-order valence-electron chi connectivity index (χ2n) is 3.31. The molecule has 0 atom stereocenters. The van der Waals surface area contributed by atoms with Crippen molar-refractivity contribution in [2.45, 2.75) is 20.3 Å². The van der Waals surface area contributed by atoms with Gasteiger partial charge >= 0.3 is 0 Å². The molecule has 74 valence electrons. The van der Waals surface area contributed by atoms with Crippen molar-refractivity contribution in [3.8, 4) is 0 Å². The summed E-state index contributed by atoms with van der Waals surface area (Å²) in [5, 5.41) is 0. The first-order chi connectivity index (χ1) is 6.74. The van der Waals surface area contributed by atoms with Crippen molar-refractivity contribution < 1.29 is 0 Å². The first-order valence-corrected chi connectivity index (χ1v) is 4.93. The molecule has 1 nitrogen and oxygen atoms in total. The minimum atomic E-state index is 0.811. The summed E-state index contributed by atoms with van der Waals surface area (Å²) in [6.45, 7) is 4.23. The Balaban J connectivity index is 2.78. The molecule has 14 heavy (non-hydrogen) atoms. The highest BCUT2D eigenvalue weighted by Gasteiger charge is 1.92. The third-order valence-electron chi connectivity index (χ3n) is 2.08. The molecule has 0 aliphatic rings. The van der Waals surface area contributed by atoms with E-state index in [1.54, 1.807) is 0 Å². The Morgan fingerprint density at radius 2 is 1.93 bits per heavy atom. The lowest BCUT2D eigenvalue weighted by atomic mass is 10.1. The van der Waals surface area contributed by atoms with Crippen molar-refractivity contribution >= 4 is 11.3 Å². The summed E-state index contributed by atoms with van der Waals surface area (Å²) >= 11 is 0. The van der Waals surface area contributed by atoms with Gasteiger partial charge < -0.3 is 5.73 Å². The van der Waals surface area contributed by atoms with Crippen molar-refractivity contribution in [1.29, 1.82) is 0 Å². The lowest BCUT2D eigenvalue weighted by Crippen LogP contribution is -1.84. The Kier molecular flexibility index (Phi) is 3.99. The fraction of sp³-hybridized carbons (Fsp3) is 0.231. The molecule has 2 N–H and O–H groups in total. The molecule has 0 aliphatic carbocycles. The van der Waals surface area contributed by atoms with Gasteiger partial charge in [0.2, 0.25) is 0 Å². The van der Waals surface area contributed by atoms with E-state index < -0.39 is 0 Å². The Morgan fingerprint density at radius 3 is 2.50 bits per heavy atom. The van der Waals surface area contributed by atoms with Crippen LogP contribution in [-0.2, 0) is 0 Å². The molecule has 0 aliphatic heterocycles. The fourth-order valence-corrected chi connectivity index (χ4v) is 1.19. The van der Waals surface area contributed by atoms with Gasteiger partial charge in [-0.15, -0.1) is 0 Å². The second-order valence-corrected chi connectivity index (χ2v) is 3.31. The second kappa shape index (κ2) is 5.28. The van der Waals surface area contributed by atoms with E-state index in [-0.39, 0.29) is 0 Å². The number of allylic oxidation sites excluding steroid dienone is 4. The average molecular weight is 187 g/mol. The van der Waals surface area contributed by atoms with E-state index >= 15 is 0 Å². The monoisotopic (exact) mass is 187 g/mol. The molecule has 0 saturated carbocycles. The van der Waals surface area contributed by atoms with E-state index in [4.69, 9.17) is 5.73 Å². The predicted molar refractivity (Wildman–Crippen MR) is 63.9 cm³/mol. The molecular formula is C13H17N. The molecule has 0 saturated heterocycles. The standard InChI is InChI=1S/C13H17N/c1-3-4-5-6-11(2)12-7-9-13(14)10-8-12/h4-10H,3,14H2,1-2H3/b5-4-,11-6+. The van der Waals surface area contributed by atoms with Crippen LogP contribution in [0.15, 0.2) is 42.5 Å². The van der Waals surface area contributed by atoms with Crippen LogP contribution in [0.2, 0.25) is 0 Å². The molecule has 1 aromatic carbocycles. The lowest BCUT2D eigenvalue weighted by molar-refractivity contribution is 1.22. The molecule has 0 bridgehead atoms. The molecule has 0 heterocycles. The lowest BCUT2D eigenvalue weighted by Gasteiger charge is -2.00. The van der Waals surface area contributed by atoms with E-state index in [1.807, 2.05) is 24.3 Å². The molecular weight excluding hydrogens is 170 g/mol. The molecule has 1 heteroatoms. The van der Waals surface area contributed by atoms with E-state index in [0.29, 0.717) is 0 Å². The molecule has 0 amide bonds. The average Bonchev–Trinajstić information content (AvgIpc) is 2.19. The Labute approximate surface area is 85.9 Å². The van der Waals surface area contributed by atoms with Crippen molar-refractivity contribution in [2.75, 3.05) is 5.73 Å². The van der Waals surface area contributed by atoms with E-state index in [2.05, 4.69) is 32.1 Å². The zero-order valence-electron chi connectivity index (χ0n) is 8.83. The fourth-order valence-electron chi connectivity index (χ4n) is 1.19. The quantitative estimate of drug-likeness (QED) is 0.567. The van der Waals surface area contributed by atoms with Crippen LogP contribution in [0.25, 0.3) is 5.57 Å². The zero-order valence-corrected chi connectivity index (χ0v) is 8.83. The van der Waals surface area contributed by atoms with Gasteiger partial charge in [0.05, 0.1) is 0 Å². The molecule has 0 aromatic heterocycles. The number of anilines is 1. The van der Waals surface area contributed by atoms with Crippen molar-refractivity contribution in [3.63, 3.8) is 0 Å². The van der Waals surface area contributed by atoms with Gasteiger partial charge in [0.1, 0.15) is 0 Å². The summed E-state index contributed by atoms with van der Waals surface area (Å²) in [4.78, 5) is 0. The number of nitrogens with two attached hydrogens (primary N) is 1. The molecule has 0 radical (unpaired) electrons. The number of hydrogen-bond donors (Lipinski definition) is 1. The van der Waals surface area contributed by atoms with Crippen LogP contribution in [0.4, 0.5) is 5.69 Å². The molecule has 0 unspecified atom stereocenters. The van der Waals surface area contributed by atoms with Gasteiger partial charge in [-0.1, -0.05) is 37.3 Å². The highest BCUT2D eigenvalue weighted by molar-refractivity contribution is 5.66. The van der Waals surface area contributed by atoms with Crippen LogP contribution >= 0.6 is 0 Å². The molecule has 0 fully saturated rings. The topological polar surface area (TPSA) is 26.0 Å². The van der Waals surface area contributed by atoms with Crippen molar-refractivity contribution in [3.05, 3.63) is 48.1 Å². The van der Waals surface area contributed by atoms with E-state index in [0.717, 1.165) is 12.1 Å². The summed E-state index contributed by atoms with van der Waals surface area (Å²) < 4.78 is 0. The Hall–Kier alpha value is -1.50. The third kappa shape index (κ3) is 3.09. The molecule has 0 spiro atoms. The highest BCUT2D eigenvalue weighted by atomic mass is 14.5. The largest absolute Gasteiger partial charge is 0.399 e. The van der Waals surface area contributed by atoms with Crippen LogP contribution in [-0.4, -0.2) is 0 Å². The van der Waals surface area contributed by atoms with Crippen LogP contribution in [0.5, 0.6) is 0 Å². The summed E-state index contributed by atoms with van der Waals surface area (Å²) in [5.41, 5.74) is 8.91. The maximum absolute atomic E-state index is 5.62. The maximum Gasteiger partial charge on any atom is 0.0314 e. The van der Waals surface area contributed by atoms with E-state index in [1.165, 1.54) is 11.1 Å². The normalized spacial score (nSPS) is 12.3. The van der Waals surface area contributed by atoms with E-state index in [9.17, 15) is 0 Å². The predicted octanol–water partition coefficient (Wildman–Crippen LogP) is 3.64. The van der Waals surface area contributed by atoms with Gasteiger partial charge in [0.15, 0.2) is 0 Å². The van der Waals surface area contributed by atoms with Crippen molar-refractivity contribution in [1.82, 2.24) is 0 Å². The van der Waals surface area contributed by atoms with Crippen molar-refractivity contribution in [2.24, 2.45) is 0 Å². The minimum Gasteiger partial charge on any atom is -0.399 e. The summed E-state index contributed by atoms with van der Waals surface area (Å²) in [6, 6.07) is 7.94. The van der Waals surface area contributed by atoms with Gasteiger partial charge in [0.25, 0.3) is 0 Å². The first-order valence-electron chi connectivity index (χ1n) is 4.93. The van der Waals surface area contributed by atoms with Crippen LogP contribution in [0, 0.1) is 0 Å². The van der Waals surface area contributed by atoms with Gasteiger partial charge in [0, 0.05) is 5.69 Å². The van der Waals surface area contributed by atoms with Crippen LogP contribution in [0.3, 0.4) is 0 Å².